The first kappa shape index (κ1) is 15.2. The second kappa shape index (κ2) is 5.83. The Hall–Kier alpha value is -2.70. The molecule has 0 N–H and O–H groups in total. The number of hydrogen-bond acceptors (Lipinski definition) is 5. The molecule has 0 amide bonds. The van der Waals surface area contributed by atoms with Crippen molar-refractivity contribution in [3.05, 3.63) is 41.5 Å². The molecule has 1 unspecified atom stereocenters. The van der Waals surface area contributed by atoms with Crippen LogP contribution in [0.2, 0.25) is 0 Å². The standard InChI is InChI=1S/C16H19N5O2/c1-10-5-14-15(6-11(10)2)20(9-17-14)7-13-8-21(19-18-13)12(3)16(22)23-4/h5-6,8-9,12H,7H2,1-4H3. The predicted octanol–water partition coefficient (Wildman–Crippen LogP) is 2.03. The number of aromatic nitrogens is 5. The third-order valence-corrected chi connectivity index (χ3v) is 4.07. The number of esters is 1. The molecule has 0 aliphatic rings. The Morgan fingerprint density at radius 2 is 2.04 bits per heavy atom. The first-order valence-corrected chi connectivity index (χ1v) is 7.40. The molecule has 1 atom stereocenters. The van der Waals surface area contributed by atoms with Gasteiger partial charge >= 0.3 is 5.97 Å². The summed E-state index contributed by atoms with van der Waals surface area (Å²) in [5, 5.41) is 8.14. The van der Waals surface area contributed by atoms with Gasteiger partial charge < -0.3 is 9.30 Å². The average Bonchev–Trinajstić information content (AvgIpc) is 3.15. The van der Waals surface area contributed by atoms with E-state index in [1.807, 2.05) is 4.57 Å². The fraction of sp³-hybridized carbons (Fsp3) is 0.375. The van der Waals surface area contributed by atoms with Gasteiger partial charge in [-0.05, 0) is 44.0 Å². The lowest BCUT2D eigenvalue weighted by Gasteiger charge is -2.07. The number of carbonyl (C=O) groups is 1. The van der Waals surface area contributed by atoms with Crippen LogP contribution in [0.15, 0.2) is 24.7 Å². The number of benzene rings is 1. The molecule has 0 aliphatic heterocycles. The number of ether oxygens (including phenoxy) is 1. The van der Waals surface area contributed by atoms with E-state index in [-0.39, 0.29) is 5.97 Å². The first-order chi connectivity index (χ1) is 11.0. The Bertz CT molecular complexity index is 865. The Morgan fingerprint density at radius 1 is 1.30 bits per heavy atom. The molecule has 0 saturated carbocycles. The molecule has 3 rings (SSSR count). The van der Waals surface area contributed by atoms with Gasteiger partial charge in [0.1, 0.15) is 11.7 Å². The zero-order valence-corrected chi connectivity index (χ0v) is 13.6. The highest BCUT2D eigenvalue weighted by atomic mass is 16.5. The zero-order valence-electron chi connectivity index (χ0n) is 13.6. The minimum Gasteiger partial charge on any atom is -0.467 e. The monoisotopic (exact) mass is 313 g/mol. The van der Waals surface area contributed by atoms with E-state index in [9.17, 15) is 4.79 Å². The van der Waals surface area contributed by atoms with Gasteiger partial charge in [-0.3, -0.25) is 0 Å². The SMILES string of the molecule is COC(=O)C(C)n1cc(Cn2cnc3cc(C)c(C)cc32)nn1. The minimum absolute atomic E-state index is 0.347. The molecule has 0 radical (unpaired) electrons. The van der Waals surface area contributed by atoms with Gasteiger partial charge in [-0.1, -0.05) is 5.21 Å². The number of rotatable bonds is 4. The van der Waals surface area contributed by atoms with Crippen molar-refractivity contribution in [3.63, 3.8) is 0 Å². The average molecular weight is 313 g/mol. The van der Waals surface area contributed by atoms with Crippen LogP contribution in [0.4, 0.5) is 0 Å². The van der Waals surface area contributed by atoms with Crippen LogP contribution < -0.4 is 0 Å². The fourth-order valence-corrected chi connectivity index (χ4v) is 2.47. The van der Waals surface area contributed by atoms with Gasteiger partial charge in [0.25, 0.3) is 0 Å². The van der Waals surface area contributed by atoms with Crippen LogP contribution >= 0.6 is 0 Å². The van der Waals surface area contributed by atoms with Crippen molar-refractivity contribution < 1.29 is 9.53 Å². The summed E-state index contributed by atoms with van der Waals surface area (Å²) in [4.78, 5) is 16.0. The van der Waals surface area contributed by atoms with Crippen molar-refractivity contribution >= 4 is 17.0 Å². The molecule has 0 bridgehead atoms. The highest BCUT2D eigenvalue weighted by molar-refractivity contribution is 5.77. The van der Waals surface area contributed by atoms with Gasteiger partial charge in [0.2, 0.25) is 0 Å². The Morgan fingerprint density at radius 3 is 2.78 bits per heavy atom. The van der Waals surface area contributed by atoms with Crippen LogP contribution in [-0.2, 0) is 16.1 Å². The van der Waals surface area contributed by atoms with Crippen LogP contribution in [0.3, 0.4) is 0 Å². The third-order valence-electron chi connectivity index (χ3n) is 4.07. The number of fused-ring (bicyclic) bond motifs is 1. The summed E-state index contributed by atoms with van der Waals surface area (Å²) in [6.45, 7) is 6.43. The lowest BCUT2D eigenvalue weighted by molar-refractivity contribution is -0.144. The second-order valence-corrected chi connectivity index (χ2v) is 5.69. The highest BCUT2D eigenvalue weighted by Gasteiger charge is 2.17. The van der Waals surface area contributed by atoms with E-state index >= 15 is 0 Å². The van der Waals surface area contributed by atoms with Crippen molar-refractivity contribution in [2.45, 2.75) is 33.4 Å². The van der Waals surface area contributed by atoms with E-state index < -0.39 is 6.04 Å². The smallest absolute Gasteiger partial charge is 0.330 e. The van der Waals surface area contributed by atoms with Gasteiger partial charge in [-0.25, -0.2) is 14.5 Å². The number of aryl methyl sites for hydroxylation is 2. The number of imidazole rings is 1. The Balaban J connectivity index is 1.87. The highest BCUT2D eigenvalue weighted by Crippen LogP contribution is 2.19. The van der Waals surface area contributed by atoms with E-state index in [1.165, 1.54) is 22.9 Å². The summed E-state index contributed by atoms with van der Waals surface area (Å²) in [6.07, 6.45) is 3.56. The summed E-state index contributed by atoms with van der Waals surface area (Å²) in [5.41, 5.74) is 5.23. The van der Waals surface area contributed by atoms with Gasteiger partial charge in [-0.15, -0.1) is 5.10 Å². The normalized spacial score (nSPS) is 12.5. The van der Waals surface area contributed by atoms with Gasteiger partial charge in [-0.2, -0.15) is 0 Å². The number of methoxy groups -OCH3 is 1. The van der Waals surface area contributed by atoms with Crippen LogP contribution in [-0.4, -0.2) is 37.6 Å². The van der Waals surface area contributed by atoms with Crippen molar-refractivity contribution in [2.75, 3.05) is 7.11 Å². The van der Waals surface area contributed by atoms with Crippen molar-refractivity contribution in [1.82, 2.24) is 24.5 Å². The molecule has 0 fully saturated rings. The lowest BCUT2D eigenvalue weighted by atomic mass is 10.1. The summed E-state index contributed by atoms with van der Waals surface area (Å²) < 4.78 is 8.26. The molecule has 0 spiro atoms. The zero-order chi connectivity index (χ0) is 16.6. The molecule has 2 aromatic heterocycles. The second-order valence-electron chi connectivity index (χ2n) is 5.69. The number of hydrogen-bond donors (Lipinski definition) is 0. The van der Waals surface area contributed by atoms with Crippen molar-refractivity contribution in [2.24, 2.45) is 0 Å². The molecule has 23 heavy (non-hydrogen) atoms. The number of nitrogens with zero attached hydrogens (tertiary/aromatic N) is 5. The predicted molar refractivity (Wildman–Crippen MR) is 85.1 cm³/mol. The number of carbonyl (C=O) groups excluding carboxylic acids is 1. The van der Waals surface area contributed by atoms with Crippen LogP contribution in [0.1, 0.15) is 29.8 Å². The Kier molecular flexibility index (Phi) is 3.85. The quantitative estimate of drug-likeness (QED) is 0.689. The fourth-order valence-electron chi connectivity index (χ4n) is 2.47. The molecule has 7 heteroatoms. The molecule has 2 heterocycles. The van der Waals surface area contributed by atoms with E-state index in [2.05, 4.69) is 41.3 Å². The maximum absolute atomic E-state index is 11.6. The molecular formula is C16H19N5O2. The van der Waals surface area contributed by atoms with Crippen molar-refractivity contribution in [1.29, 1.82) is 0 Å². The summed E-state index contributed by atoms with van der Waals surface area (Å²) in [5.74, 6) is -0.347. The molecule has 0 saturated heterocycles. The van der Waals surface area contributed by atoms with E-state index in [0.717, 1.165) is 16.7 Å². The van der Waals surface area contributed by atoms with Crippen LogP contribution in [0.25, 0.3) is 11.0 Å². The summed E-state index contributed by atoms with van der Waals surface area (Å²) in [6, 6.07) is 3.71. The van der Waals surface area contributed by atoms with E-state index in [4.69, 9.17) is 4.74 Å². The molecule has 3 aromatic rings. The molecule has 7 nitrogen and oxygen atoms in total. The van der Waals surface area contributed by atoms with Crippen LogP contribution in [0, 0.1) is 13.8 Å². The van der Waals surface area contributed by atoms with Crippen LogP contribution in [0.5, 0.6) is 0 Å². The van der Waals surface area contributed by atoms with Gasteiger partial charge in [0, 0.05) is 0 Å². The van der Waals surface area contributed by atoms with E-state index in [1.54, 1.807) is 19.4 Å². The van der Waals surface area contributed by atoms with Crippen molar-refractivity contribution in [3.8, 4) is 0 Å². The minimum atomic E-state index is -0.495. The summed E-state index contributed by atoms with van der Waals surface area (Å²) in [7, 11) is 1.36. The van der Waals surface area contributed by atoms with E-state index in [0.29, 0.717) is 6.54 Å². The molecule has 0 aliphatic carbocycles. The lowest BCUT2D eigenvalue weighted by Crippen LogP contribution is -2.18. The first-order valence-electron chi connectivity index (χ1n) is 7.40. The molecular weight excluding hydrogens is 294 g/mol. The molecule has 1 aromatic carbocycles. The largest absolute Gasteiger partial charge is 0.467 e. The van der Waals surface area contributed by atoms with Gasteiger partial charge in [0.15, 0.2) is 0 Å². The van der Waals surface area contributed by atoms with Gasteiger partial charge in [0.05, 0.1) is 37.2 Å². The maximum Gasteiger partial charge on any atom is 0.330 e. The molecule has 120 valence electrons. The summed E-state index contributed by atoms with van der Waals surface area (Å²) >= 11 is 0. The maximum atomic E-state index is 11.6. The topological polar surface area (TPSA) is 74.8 Å². The third kappa shape index (κ3) is 2.81. The Labute approximate surface area is 133 Å².